The van der Waals surface area contributed by atoms with Crippen LogP contribution in [0.15, 0.2) is 17.1 Å². The first-order valence-electron chi connectivity index (χ1n) is 11.0. The van der Waals surface area contributed by atoms with Crippen LogP contribution in [0.5, 0.6) is 0 Å². The van der Waals surface area contributed by atoms with E-state index in [0.29, 0.717) is 18.3 Å². The molecule has 0 amide bonds. The van der Waals surface area contributed by atoms with Gasteiger partial charge in [0.05, 0.1) is 28.8 Å². The summed E-state index contributed by atoms with van der Waals surface area (Å²) in [6.07, 6.45) is 3.98. The first kappa shape index (κ1) is 22.4. The molecule has 1 aromatic carbocycles. The van der Waals surface area contributed by atoms with Crippen molar-refractivity contribution in [2.24, 2.45) is 0 Å². The van der Waals surface area contributed by atoms with Crippen LogP contribution >= 0.6 is 0 Å². The van der Waals surface area contributed by atoms with Crippen LogP contribution in [-0.2, 0) is 14.2 Å². The lowest BCUT2D eigenvalue weighted by molar-refractivity contribution is -0.374. The van der Waals surface area contributed by atoms with Gasteiger partial charge in [0.1, 0.15) is 11.4 Å². The van der Waals surface area contributed by atoms with E-state index in [9.17, 15) is 14.4 Å². The normalized spacial score (nSPS) is 20.1. The maximum atomic E-state index is 15.5. The van der Waals surface area contributed by atoms with Gasteiger partial charge in [-0.3, -0.25) is 9.59 Å². The molecule has 0 spiro atoms. The van der Waals surface area contributed by atoms with Gasteiger partial charge in [0.2, 0.25) is 11.8 Å². The number of rotatable bonds is 9. The molecule has 1 aliphatic carbocycles. The molecule has 0 atom stereocenters. The van der Waals surface area contributed by atoms with Crippen LogP contribution in [0.2, 0.25) is 0 Å². The van der Waals surface area contributed by atoms with Gasteiger partial charge in [-0.2, -0.15) is 0 Å². The molecular weight excluding hydrogens is 419 g/mol. The molecule has 0 unspecified atom stereocenters. The Bertz CT molecular complexity index is 1100. The smallest absolute Gasteiger partial charge is 0.343 e. The van der Waals surface area contributed by atoms with E-state index >= 15 is 4.39 Å². The number of hydrogen-bond donors (Lipinski definition) is 0. The molecule has 2 aromatic rings. The number of pyridine rings is 1. The van der Waals surface area contributed by atoms with Gasteiger partial charge in [-0.25, -0.2) is 9.18 Å². The minimum Gasteiger partial charge on any atom is -0.462 e. The number of benzene rings is 1. The van der Waals surface area contributed by atoms with Crippen LogP contribution in [-0.4, -0.2) is 42.7 Å². The van der Waals surface area contributed by atoms with Crippen molar-refractivity contribution in [3.8, 4) is 0 Å². The fourth-order valence-corrected chi connectivity index (χ4v) is 4.04. The molecule has 172 valence electrons. The summed E-state index contributed by atoms with van der Waals surface area (Å²) in [6, 6.07) is 1.12. The molecule has 32 heavy (non-hydrogen) atoms. The average molecular weight is 446 g/mol. The third-order valence-electron chi connectivity index (χ3n) is 5.74. The van der Waals surface area contributed by atoms with Gasteiger partial charge in [-0.1, -0.05) is 13.3 Å². The zero-order valence-electron chi connectivity index (χ0n) is 18.4. The summed E-state index contributed by atoms with van der Waals surface area (Å²) in [5.74, 6) is -1.51. The minimum absolute atomic E-state index is 0.0172. The Morgan fingerprint density at radius 1 is 1.34 bits per heavy atom. The standard InChI is InChI=1S/C23H27FN2O6/c1-4-6-9-25(23-31-13(3)32-23)20-17(12-27)19-15(10-18(20)24)21(28)16(22(29)30-5-2)11-26(19)14-7-8-14/h10-14,23H,4-9H2,1-3H3. The number of ether oxygens (including phenoxy) is 3. The molecule has 1 aromatic heterocycles. The third-order valence-corrected chi connectivity index (χ3v) is 5.74. The Morgan fingerprint density at radius 3 is 2.62 bits per heavy atom. The van der Waals surface area contributed by atoms with Crippen molar-refractivity contribution in [1.29, 1.82) is 0 Å². The topological polar surface area (TPSA) is 87.1 Å². The summed E-state index contributed by atoms with van der Waals surface area (Å²) in [5.41, 5.74) is -0.435. The van der Waals surface area contributed by atoms with Gasteiger partial charge < -0.3 is 23.7 Å². The molecule has 4 rings (SSSR count). The zero-order chi connectivity index (χ0) is 23.0. The number of carbonyl (C=O) groups excluding carboxylic acids is 2. The predicted octanol–water partition coefficient (Wildman–Crippen LogP) is 3.75. The third kappa shape index (κ3) is 3.91. The molecule has 2 aliphatic rings. The fourth-order valence-electron chi connectivity index (χ4n) is 4.04. The second-order valence-electron chi connectivity index (χ2n) is 8.06. The van der Waals surface area contributed by atoms with E-state index in [-0.39, 0.29) is 34.8 Å². The van der Waals surface area contributed by atoms with E-state index in [1.54, 1.807) is 23.3 Å². The Balaban J connectivity index is 1.96. The number of aromatic nitrogens is 1. The quantitative estimate of drug-likeness (QED) is 0.428. The lowest BCUT2D eigenvalue weighted by Crippen LogP contribution is -2.52. The SMILES string of the molecule is CCCCN(c1c(F)cc2c(=O)c(C(=O)OCC)cn(C3CC3)c2c1C=O)C1OC(C)O1. The highest BCUT2D eigenvalue weighted by molar-refractivity contribution is 6.04. The van der Waals surface area contributed by atoms with Crippen molar-refractivity contribution in [2.45, 2.75) is 65.2 Å². The van der Waals surface area contributed by atoms with Gasteiger partial charge in [0.15, 0.2) is 12.6 Å². The monoisotopic (exact) mass is 446 g/mol. The summed E-state index contributed by atoms with van der Waals surface area (Å²) in [5, 5.41) is -0.0231. The highest BCUT2D eigenvalue weighted by atomic mass is 19.1. The average Bonchev–Trinajstić information content (AvgIpc) is 3.58. The highest BCUT2D eigenvalue weighted by Crippen LogP contribution is 2.41. The van der Waals surface area contributed by atoms with Crippen LogP contribution in [0.4, 0.5) is 10.1 Å². The fraction of sp³-hybridized carbons (Fsp3) is 0.522. The molecule has 1 aliphatic heterocycles. The van der Waals surface area contributed by atoms with Crippen molar-refractivity contribution in [1.82, 2.24) is 4.57 Å². The second-order valence-corrected chi connectivity index (χ2v) is 8.06. The first-order valence-corrected chi connectivity index (χ1v) is 11.0. The molecule has 2 fully saturated rings. The molecule has 0 N–H and O–H groups in total. The van der Waals surface area contributed by atoms with Crippen LogP contribution in [0.1, 0.15) is 73.2 Å². The van der Waals surface area contributed by atoms with Crippen LogP contribution in [0.3, 0.4) is 0 Å². The van der Waals surface area contributed by atoms with Crippen molar-refractivity contribution in [3.05, 3.63) is 39.4 Å². The molecule has 9 heteroatoms. The van der Waals surface area contributed by atoms with E-state index < -0.39 is 29.9 Å². The minimum atomic E-state index is -0.817. The van der Waals surface area contributed by atoms with Crippen molar-refractivity contribution in [3.63, 3.8) is 0 Å². The van der Waals surface area contributed by atoms with Crippen LogP contribution in [0.25, 0.3) is 10.9 Å². The second kappa shape index (κ2) is 8.99. The van der Waals surface area contributed by atoms with Crippen molar-refractivity contribution in [2.75, 3.05) is 18.1 Å². The number of aldehydes is 1. The zero-order valence-corrected chi connectivity index (χ0v) is 18.4. The molecule has 1 saturated heterocycles. The number of halogens is 1. The largest absolute Gasteiger partial charge is 0.462 e. The first-order chi connectivity index (χ1) is 15.4. The summed E-state index contributed by atoms with van der Waals surface area (Å²) < 4.78 is 33.4. The molecular formula is C23H27FN2O6. The number of anilines is 1. The van der Waals surface area contributed by atoms with Gasteiger partial charge in [0, 0.05) is 18.8 Å². The Labute approximate surface area is 184 Å². The summed E-state index contributed by atoms with van der Waals surface area (Å²) >= 11 is 0. The predicted molar refractivity (Wildman–Crippen MR) is 115 cm³/mol. The molecule has 0 radical (unpaired) electrons. The number of nitrogens with zero attached hydrogens (tertiary/aromatic N) is 2. The van der Waals surface area contributed by atoms with E-state index in [4.69, 9.17) is 14.2 Å². The molecule has 1 saturated carbocycles. The van der Waals surface area contributed by atoms with E-state index in [0.717, 1.165) is 31.7 Å². The van der Waals surface area contributed by atoms with Gasteiger partial charge >= 0.3 is 5.97 Å². The number of fused-ring (bicyclic) bond motifs is 1. The van der Waals surface area contributed by atoms with Gasteiger partial charge in [0.25, 0.3) is 0 Å². The van der Waals surface area contributed by atoms with Crippen LogP contribution < -0.4 is 10.3 Å². The molecule has 2 heterocycles. The van der Waals surface area contributed by atoms with E-state index in [1.165, 1.54) is 6.20 Å². The highest BCUT2D eigenvalue weighted by Gasteiger charge is 2.37. The van der Waals surface area contributed by atoms with Gasteiger partial charge in [-0.15, -0.1) is 0 Å². The van der Waals surface area contributed by atoms with Crippen LogP contribution in [0, 0.1) is 5.82 Å². The van der Waals surface area contributed by atoms with E-state index in [1.807, 2.05) is 6.92 Å². The van der Waals surface area contributed by atoms with Crippen molar-refractivity contribution < 1.29 is 28.2 Å². The number of unbranched alkanes of at least 4 members (excludes halogenated alkanes) is 1. The lowest BCUT2D eigenvalue weighted by atomic mass is 10.0. The van der Waals surface area contributed by atoms with E-state index in [2.05, 4.69) is 0 Å². The number of hydrogen-bond acceptors (Lipinski definition) is 7. The molecule has 8 nitrogen and oxygen atoms in total. The summed E-state index contributed by atoms with van der Waals surface area (Å²) in [4.78, 5) is 39.4. The summed E-state index contributed by atoms with van der Waals surface area (Å²) in [7, 11) is 0. The number of carbonyl (C=O) groups is 2. The summed E-state index contributed by atoms with van der Waals surface area (Å²) in [6.45, 7) is 5.89. The van der Waals surface area contributed by atoms with Crippen molar-refractivity contribution >= 4 is 28.8 Å². The Kier molecular flexibility index (Phi) is 6.30. The number of esters is 1. The maximum Gasteiger partial charge on any atom is 0.343 e. The van der Waals surface area contributed by atoms with Gasteiger partial charge in [-0.05, 0) is 39.2 Å². The molecule has 0 bridgehead atoms. The Morgan fingerprint density at radius 2 is 2.06 bits per heavy atom. The maximum absolute atomic E-state index is 15.5. The Hall–Kier alpha value is -2.78. The lowest BCUT2D eigenvalue weighted by Gasteiger charge is -2.42.